The molecule has 2 unspecified atom stereocenters. The second-order valence-corrected chi connectivity index (χ2v) is 7.38. The molecule has 1 aliphatic carbocycles. The number of hydrogen-bond acceptors (Lipinski definition) is 3. The zero-order valence-corrected chi connectivity index (χ0v) is 15.9. The number of halogens is 2. The molecule has 0 spiro atoms. The van der Waals surface area contributed by atoms with Crippen LogP contribution in [0.4, 0.5) is 4.39 Å². The Labute approximate surface area is 163 Å². The maximum atomic E-state index is 13.1. The van der Waals surface area contributed by atoms with Crippen molar-refractivity contribution in [3.05, 3.63) is 46.8 Å². The van der Waals surface area contributed by atoms with Crippen LogP contribution >= 0.6 is 11.6 Å². The van der Waals surface area contributed by atoms with Gasteiger partial charge in [0.2, 0.25) is 0 Å². The maximum Gasteiger partial charge on any atom is 0.303 e. The average Bonchev–Trinajstić information content (AvgIpc) is 2.95. The molecule has 2 atom stereocenters. The summed E-state index contributed by atoms with van der Waals surface area (Å²) in [5, 5.41) is 8.70. The molecular weight excluding hydrogens is 371 g/mol. The molecule has 0 aliphatic heterocycles. The number of carboxylic acids is 1. The van der Waals surface area contributed by atoms with E-state index in [-0.39, 0.29) is 40.4 Å². The van der Waals surface area contributed by atoms with Crippen LogP contribution < -0.4 is 0 Å². The van der Waals surface area contributed by atoms with Gasteiger partial charge in [-0.1, -0.05) is 36.9 Å². The summed E-state index contributed by atoms with van der Waals surface area (Å²) >= 11 is 5.92. The molecule has 0 saturated heterocycles. The summed E-state index contributed by atoms with van der Waals surface area (Å²) in [5.74, 6) is -1.41. The first-order valence-corrected chi connectivity index (χ1v) is 9.68. The van der Waals surface area contributed by atoms with Crippen LogP contribution in [-0.2, 0) is 9.59 Å². The van der Waals surface area contributed by atoms with Gasteiger partial charge in [-0.25, -0.2) is 4.39 Å². The van der Waals surface area contributed by atoms with Crippen molar-refractivity contribution in [2.45, 2.75) is 51.4 Å². The van der Waals surface area contributed by atoms with Crippen molar-refractivity contribution in [2.24, 2.45) is 11.8 Å². The van der Waals surface area contributed by atoms with Crippen LogP contribution in [0.15, 0.2) is 30.4 Å². The second kappa shape index (κ2) is 10.4. The fourth-order valence-electron chi connectivity index (χ4n) is 3.52. The number of unbranched alkanes of at least 4 members (excludes halogenated alkanes) is 3. The van der Waals surface area contributed by atoms with Crippen LogP contribution in [0.2, 0.25) is 5.02 Å². The van der Waals surface area contributed by atoms with E-state index in [4.69, 9.17) is 16.7 Å². The molecule has 0 aromatic heterocycles. The van der Waals surface area contributed by atoms with E-state index in [2.05, 4.69) is 0 Å². The third kappa shape index (κ3) is 6.58. The highest BCUT2D eigenvalue weighted by Gasteiger charge is 2.32. The molecule has 146 valence electrons. The minimum absolute atomic E-state index is 0.0275. The normalized spacial score (nSPS) is 19.7. The Bertz CT molecular complexity index is 729. The third-order valence-corrected chi connectivity index (χ3v) is 5.31. The lowest BCUT2D eigenvalue weighted by Gasteiger charge is -2.14. The number of carbonyl (C=O) groups excluding carboxylic acids is 2. The lowest BCUT2D eigenvalue weighted by atomic mass is 9.89. The van der Waals surface area contributed by atoms with E-state index < -0.39 is 11.8 Å². The first kappa shape index (κ1) is 21.3. The molecule has 0 amide bonds. The first-order valence-electron chi connectivity index (χ1n) is 9.30. The lowest BCUT2D eigenvalue weighted by molar-refractivity contribution is -0.137. The number of benzene rings is 1. The van der Waals surface area contributed by atoms with Crippen LogP contribution in [0, 0.1) is 17.7 Å². The van der Waals surface area contributed by atoms with Crippen LogP contribution in [0.3, 0.4) is 0 Å². The minimum atomic E-state index is -0.780. The molecule has 6 heteroatoms. The monoisotopic (exact) mass is 394 g/mol. The molecule has 27 heavy (non-hydrogen) atoms. The van der Waals surface area contributed by atoms with Gasteiger partial charge in [-0.05, 0) is 49.5 Å². The highest BCUT2D eigenvalue weighted by atomic mass is 35.5. The molecule has 0 radical (unpaired) electrons. The average molecular weight is 395 g/mol. The van der Waals surface area contributed by atoms with Crippen molar-refractivity contribution < 1.29 is 23.9 Å². The molecule has 1 aromatic rings. The van der Waals surface area contributed by atoms with E-state index >= 15 is 0 Å². The quantitative estimate of drug-likeness (QED) is 0.334. The van der Waals surface area contributed by atoms with Crippen molar-refractivity contribution in [3.63, 3.8) is 0 Å². The number of carboxylic acid groups (broad SMARTS) is 1. The standard InChI is InChI=1S/C21H24ClFO4/c22-18-13-15(23)9-10-17(18)20(25)12-8-14-7-11-19(24)16(14)5-3-1-2-4-6-21(26)27/h8-10,12-14,16H,1-7,11H2,(H,26,27)/b12-8+. The number of Topliss-reactive ketones (excluding diaryl/α,β-unsaturated/α-hetero) is 1. The molecule has 1 fully saturated rings. The van der Waals surface area contributed by atoms with Gasteiger partial charge in [0.1, 0.15) is 11.6 Å². The van der Waals surface area contributed by atoms with Gasteiger partial charge >= 0.3 is 5.97 Å². The van der Waals surface area contributed by atoms with E-state index in [0.29, 0.717) is 12.8 Å². The van der Waals surface area contributed by atoms with Crippen molar-refractivity contribution in [1.29, 1.82) is 0 Å². The van der Waals surface area contributed by atoms with Crippen molar-refractivity contribution in [1.82, 2.24) is 0 Å². The fraction of sp³-hybridized carbons (Fsp3) is 0.476. The number of carbonyl (C=O) groups is 3. The van der Waals surface area contributed by atoms with Gasteiger partial charge in [0.05, 0.1) is 5.02 Å². The fourth-order valence-corrected chi connectivity index (χ4v) is 3.78. The summed E-state index contributed by atoms with van der Waals surface area (Å²) < 4.78 is 13.1. The Balaban J connectivity index is 1.86. The second-order valence-electron chi connectivity index (χ2n) is 6.97. The van der Waals surface area contributed by atoms with Gasteiger partial charge in [-0.2, -0.15) is 0 Å². The number of rotatable bonds is 10. The Hall–Kier alpha value is -2.01. The molecule has 1 aromatic carbocycles. The Morgan fingerprint density at radius 3 is 2.67 bits per heavy atom. The molecule has 1 aliphatic rings. The summed E-state index contributed by atoms with van der Waals surface area (Å²) in [5.41, 5.74) is 0.244. The van der Waals surface area contributed by atoms with Crippen LogP contribution in [0.5, 0.6) is 0 Å². The molecule has 0 heterocycles. The van der Waals surface area contributed by atoms with Crippen molar-refractivity contribution in [3.8, 4) is 0 Å². The number of aliphatic carboxylic acids is 1. The van der Waals surface area contributed by atoms with E-state index in [9.17, 15) is 18.8 Å². The van der Waals surface area contributed by atoms with E-state index in [0.717, 1.165) is 38.2 Å². The minimum Gasteiger partial charge on any atom is -0.481 e. The Kier molecular flexibility index (Phi) is 8.17. The van der Waals surface area contributed by atoms with Gasteiger partial charge in [0.25, 0.3) is 0 Å². The summed E-state index contributed by atoms with van der Waals surface area (Å²) in [4.78, 5) is 34.9. The zero-order valence-electron chi connectivity index (χ0n) is 15.1. The molecule has 2 rings (SSSR count). The van der Waals surface area contributed by atoms with E-state index in [1.807, 2.05) is 0 Å². The Morgan fingerprint density at radius 2 is 1.96 bits per heavy atom. The molecular formula is C21H24ClFO4. The predicted molar refractivity (Wildman–Crippen MR) is 101 cm³/mol. The topological polar surface area (TPSA) is 71.4 Å². The van der Waals surface area contributed by atoms with Crippen molar-refractivity contribution >= 4 is 29.1 Å². The Morgan fingerprint density at radius 1 is 1.22 bits per heavy atom. The zero-order chi connectivity index (χ0) is 19.8. The lowest BCUT2D eigenvalue weighted by Crippen LogP contribution is -2.13. The number of allylic oxidation sites excluding steroid dienone is 2. The van der Waals surface area contributed by atoms with E-state index in [1.165, 1.54) is 18.2 Å². The largest absolute Gasteiger partial charge is 0.481 e. The molecule has 1 N–H and O–H groups in total. The molecule has 1 saturated carbocycles. The van der Waals surface area contributed by atoms with Crippen LogP contribution in [0.25, 0.3) is 0 Å². The SMILES string of the molecule is O=C(O)CCCCCCC1C(=O)CCC1/C=C/C(=O)c1ccc(F)cc1Cl. The van der Waals surface area contributed by atoms with Crippen LogP contribution in [-0.4, -0.2) is 22.6 Å². The van der Waals surface area contributed by atoms with Gasteiger partial charge < -0.3 is 5.11 Å². The van der Waals surface area contributed by atoms with Gasteiger partial charge in [-0.15, -0.1) is 0 Å². The summed E-state index contributed by atoms with van der Waals surface area (Å²) in [6, 6.07) is 3.66. The number of ketones is 2. The third-order valence-electron chi connectivity index (χ3n) is 5.00. The van der Waals surface area contributed by atoms with Gasteiger partial charge in [0, 0.05) is 24.3 Å². The maximum absolute atomic E-state index is 13.1. The smallest absolute Gasteiger partial charge is 0.303 e. The summed E-state index contributed by atoms with van der Waals surface area (Å²) in [6.45, 7) is 0. The number of hydrogen-bond donors (Lipinski definition) is 1. The molecule has 4 nitrogen and oxygen atoms in total. The van der Waals surface area contributed by atoms with Crippen LogP contribution in [0.1, 0.15) is 61.7 Å². The summed E-state index contributed by atoms with van der Waals surface area (Å²) in [7, 11) is 0. The molecule has 0 bridgehead atoms. The predicted octanol–water partition coefficient (Wildman–Crippen LogP) is 5.24. The first-order chi connectivity index (χ1) is 12.9. The highest BCUT2D eigenvalue weighted by Crippen LogP contribution is 2.34. The van der Waals surface area contributed by atoms with E-state index in [1.54, 1.807) is 6.08 Å². The van der Waals surface area contributed by atoms with Gasteiger partial charge in [-0.3, -0.25) is 14.4 Å². The highest BCUT2D eigenvalue weighted by molar-refractivity contribution is 6.34. The van der Waals surface area contributed by atoms with Crippen molar-refractivity contribution in [2.75, 3.05) is 0 Å². The van der Waals surface area contributed by atoms with Gasteiger partial charge in [0.15, 0.2) is 5.78 Å². The summed E-state index contributed by atoms with van der Waals surface area (Å²) in [6.07, 6.45) is 8.67.